The standard InChI is InChI=1S/C13H24N2O2/c1-10-12(5-6-14-10)13(16)15(2)7-8-17-9-11-3-4-11/h10-12,14H,3-9H2,1-2H3. The van der Waals surface area contributed by atoms with Crippen molar-refractivity contribution in [1.29, 1.82) is 0 Å². The minimum atomic E-state index is 0.156. The first-order chi connectivity index (χ1) is 8.18. The number of rotatable bonds is 6. The monoisotopic (exact) mass is 240 g/mol. The second-order valence-corrected chi connectivity index (χ2v) is 5.42. The zero-order valence-electron chi connectivity index (χ0n) is 10.9. The molecule has 17 heavy (non-hydrogen) atoms. The van der Waals surface area contributed by atoms with Gasteiger partial charge in [-0.05, 0) is 38.6 Å². The highest BCUT2D eigenvalue weighted by Gasteiger charge is 2.31. The summed E-state index contributed by atoms with van der Waals surface area (Å²) >= 11 is 0. The van der Waals surface area contributed by atoms with Crippen LogP contribution in [0, 0.1) is 11.8 Å². The summed E-state index contributed by atoms with van der Waals surface area (Å²) in [6.45, 7) is 5.32. The molecule has 0 spiro atoms. The lowest BCUT2D eigenvalue weighted by atomic mass is 10.0. The van der Waals surface area contributed by atoms with E-state index in [1.807, 2.05) is 11.9 Å². The van der Waals surface area contributed by atoms with E-state index in [-0.39, 0.29) is 11.8 Å². The molecule has 4 heteroatoms. The number of nitrogens with zero attached hydrogens (tertiary/aromatic N) is 1. The molecule has 1 N–H and O–H groups in total. The molecule has 2 atom stereocenters. The summed E-state index contributed by atoms with van der Waals surface area (Å²) in [7, 11) is 1.88. The lowest BCUT2D eigenvalue weighted by molar-refractivity contribution is -0.135. The zero-order chi connectivity index (χ0) is 12.3. The van der Waals surface area contributed by atoms with Crippen molar-refractivity contribution in [3.63, 3.8) is 0 Å². The maximum Gasteiger partial charge on any atom is 0.227 e. The SMILES string of the molecule is CC1NCCC1C(=O)N(C)CCOCC1CC1. The molecular weight excluding hydrogens is 216 g/mol. The first-order valence-electron chi connectivity index (χ1n) is 6.74. The van der Waals surface area contributed by atoms with Crippen molar-refractivity contribution in [1.82, 2.24) is 10.2 Å². The number of likely N-dealkylation sites (N-methyl/N-ethyl adjacent to an activating group) is 1. The van der Waals surface area contributed by atoms with Gasteiger partial charge in [-0.1, -0.05) is 0 Å². The second kappa shape index (κ2) is 5.83. The molecular formula is C13H24N2O2. The van der Waals surface area contributed by atoms with E-state index in [9.17, 15) is 4.79 Å². The minimum Gasteiger partial charge on any atom is -0.379 e. The number of nitrogens with one attached hydrogen (secondary N) is 1. The maximum absolute atomic E-state index is 12.1. The van der Waals surface area contributed by atoms with Gasteiger partial charge in [0.15, 0.2) is 0 Å². The molecule has 4 nitrogen and oxygen atoms in total. The summed E-state index contributed by atoms with van der Waals surface area (Å²) in [4.78, 5) is 13.9. The van der Waals surface area contributed by atoms with Crippen LogP contribution in [-0.4, -0.2) is 50.2 Å². The molecule has 98 valence electrons. The molecule has 1 heterocycles. The smallest absolute Gasteiger partial charge is 0.227 e. The lowest BCUT2D eigenvalue weighted by Crippen LogP contribution is -2.39. The van der Waals surface area contributed by atoms with E-state index in [0.717, 1.165) is 32.0 Å². The van der Waals surface area contributed by atoms with Gasteiger partial charge in [0.05, 0.1) is 12.5 Å². The van der Waals surface area contributed by atoms with Crippen LogP contribution in [0.25, 0.3) is 0 Å². The topological polar surface area (TPSA) is 41.6 Å². The van der Waals surface area contributed by atoms with E-state index in [1.165, 1.54) is 12.8 Å². The highest BCUT2D eigenvalue weighted by Crippen LogP contribution is 2.28. The Balaban J connectivity index is 1.63. The van der Waals surface area contributed by atoms with Gasteiger partial charge >= 0.3 is 0 Å². The Kier molecular flexibility index (Phi) is 4.40. The molecule has 1 saturated carbocycles. The molecule has 0 aromatic heterocycles. The molecule has 0 aromatic rings. The molecule has 1 aliphatic heterocycles. The third kappa shape index (κ3) is 3.68. The van der Waals surface area contributed by atoms with Crippen molar-refractivity contribution < 1.29 is 9.53 Å². The Morgan fingerprint density at radius 3 is 2.76 bits per heavy atom. The Labute approximate surface area is 104 Å². The quantitative estimate of drug-likeness (QED) is 0.700. The van der Waals surface area contributed by atoms with Crippen LogP contribution >= 0.6 is 0 Å². The molecule has 1 amide bonds. The maximum atomic E-state index is 12.1. The summed E-state index contributed by atoms with van der Waals surface area (Å²) in [5, 5.41) is 3.32. The summed E-state index contributed by atoms with van der Waals surface area (Å²) in [6.07, 6.45) is 3.60. The van der Waals surface area contributed by atoms with Gasteiger partial charge in [0.1, 0.15) is 0 Å². The fraction of sp³-hybridized carbons (Fsp3) is 0.923. The number of amides is 1. The second-order valence-electron chi connectivity index (χ2n) is 5.42. The fourth-order valence-corrected chi connectivity index (χ4v) is 2.33. The van der Waals surface area contributed by atoms with Crippen LogP contribution in [0.4, 0.5) is 0 Å². The van der Waals surface area contributed by atoms with Gasteiger partial charge in [-0.3, -0.25) is 4.79 Å². The highest BCUT2D eigenvalue weighted by molar-refractivity contribution is 5.79. The highest BCUT2D eigenvalue weighted by atomic mass is 16.5. The first-order valence-corrected chi connectivity index (χ1v) is 6.74. The van der Waals surface area contributed by atoms with Crippen molar-refractivity contribution in [2.75, 3.05) is 33.4 Å². The van der Waals surface area contributed by atoms with Gasteiger partial charge in [0.2, 0.25) is 5.91 Å². The van der Waals surface area contributed by atoms with E-state index in [1.54, 1.807) is 0 Å². The summed E-state index contributed by atoms with van der Waals surface area (Å²) in [5.74, 6) is 1.22. The Bertz CT molecular complexity index is 266. The largest absolute Gasteiger partial charge is 0.379 e. The van der Waals surface area contributed by atoms with Gasteiger partial charge in [-0.2, -0.15) is 0 Å². The van der Waals surface area contributed by atoms with Crippen molar-refractivity contribution in [3.8, 4) is 0 Å². The van der Waals surface area contributed by atoms with Crippen molar-refractivity contribution in [3.05, 3.63) is 0 Å². The van der Waals surface area contributed by atoms with E-state index in [0.29, 0.717) is 12.6 Å². The van der Waals surface area contributed by atoms with Crippen LogP contribution in [0.1, 0.15) is 26.2 Å². The van der Waals surface area contributed by atoms with Crippen LogP contribution in [-0.2, 0) is 9.53 Å². The Morgan fingerprint density at radius 1 is 1.41 bits per heavy atom. The average Bonchev–Trinajstić information content (AvgIpc) is 3.04. The number of hydrogen-bond donors (Lipinski definition) is 1. The van der Waals surface area contributed by atoms with Crippen molar-refractivity contribution in [2.45, 2.75) is 32.2 Å². The number of hydrogen-bond acceptors (Lipinski definition) is 3. The van der Waals surface area contributed by atoms with Gasteiger partial charge in [0, 0.05) is 26.2 Å². The van der Waals surface area contributed by atoms with Gasteiger partial charge < -0.3 is 15.0 Å². The van der Waals surface area contributed by atoms with Crippen molar-refractivity contribution >= 4 is 5.91 Å². The van der Waals surface area contributed by atoms with Crippen LogP contribution in [0.2, 0.25) is 0 Å². The van der Waals surface area contributed by atoms with Crippen LogP contribution in [0.15, 0.2) is 0 Å². The molecule has 2 aliphatic rings. The van der Waals surface area contributed by atoms with E-state index in [4.69, 9.17) is 4.74 Å². The van der Waals surface area contributed by atoms with Crippen molar-refractivity contribution in [2.24, 2.45) is 11.8 Å². The first kappa shape index (κ1) is 12.8. The number of carbonyl (C=O) groups is 1. The molecule has 1 saturated heterocycles. The summed E-state index contributed by atoms with van der Waals surface area (Å²) in [5.41, 5.74) is 0. The molecule has 0 radical (unpaired) electrons. The predicted molar refractivity (Wildman–Crippen MR) is 66.8 cm³/mol. The number of carbonyl (C=O) groups excluding carboxylic acids is 1. The van der Waals surface area contributed by atoms with Gasteiger partial charge in [-0.15, -0.1) is 0 Å². The lowest BCUT2D eigenvalue weighted by Gasteiger charge is -2.23. The fourth-order valence-electron chi connectivity index (χ4n) is 2.33. The van der Waals surface area contributed by atoms with E-state index >= 15 is 0 Å². The molecule has 1 aliphatic carbocycles. The number of ether oxygens (including phenoxy) is 1. The molecule has 2 unspecified atom stereocenters. The minimum absolute atomic E-state index is 0.156. The van der Waals surface area contributed by atoms with Crippen LogP contribution < -0.4 is 5.32 Å². The Morgan fingerprint density at radius 2 is 2.18 bits per heavy atom. The van der Waals surface area contributed by atoms with Gasteiger partial charge in [0.25, 0.3) is 0 Å². The zero-order valence-corrected chi connectivity index (χ0v) is 10.9. The van der Waals surface area contributed by atoms with Gasteiger partial charge in [-0.25, -0.2) is 0 Å². The average molecular weight is 240 g/mol. The molecule has 0 bridgehead atoms. The third-order valence-corrected chi connectivity index (χ3v) is 3.84. The summed E-state index contributed by atoms with van der Waals surface area (Å²) < 4.78 is 5.56. The molecule has 2 fully saturated rings. The summed E-state index contributed by atoms with van der Waals surface area (Å²) in [6, 6.07) is 0.317. The van der Waals surface area contributed by atoms with E-state index < -0.39 is 0 Å². The van der Waals surface area contributed by atoms with Crippen LogP contribution in [0.5, 0.6) is 0 Å². The Hall–Kier alpha value is -0.610. The van der Waals surface area contributed by atoms with Crippen LogP contribution in [0.3, 0.4) is 0 Å². The normalized spacial score (nSPS) is 28.4. The predicted octanol–water partition coefficient (Wildman–Crippen LogP) is 0.869. The molecule has 2 rings (SSSR count). The third-order valence-electron chi connectivity index (χ3n) is 3.84. The van der Waals surface area contributed by atoms with E-state index in [2.05, 4.69) is 12.2 Å². The molecule has 0 aromatic carbocycles.